The van der Waals surface area contributed by atoms with Gasteiger partial charge in [0.25, 0.3) is 5.69 Å². The number of benzene rings is 1. The van der Waals surface area contributed by atoms with Crippen molar-refractivity contribution in [3.63, 3.8) is 0 Å². The molecule has 0 radical (unpaired) electrons. The molecule has 7 nitrogen and oxygen atoms in total. The van der Waals surface area contributed by atoms with E-state index in [2.05, 4.69) is 11.3 Å². The van der Waals surface area contributed by atoms with Gasteiger partial charge in [0, 0.05) is 18.7 Å². The Morgan fingerprint density at radius 2 is 2.19 bits per heavy atom. The fraction of sp³-hybridized carbons (Fsp3) is 0.333. The van der Waals surface area contributed by atoms with Gasteiger partial charge in [-0.25, -0.2) is 13.1 Å². The Morgan fingerprint density at radius 1 is 1.52 bits per heavy atom. The fourth-order valence-electron chi connectivity index (χ4n) is 1.38. The average molecular weight is 335 g/mol. The van der Waals surface area contributed by atoms with E-state index in [-0.39, 0.29) is 28.8 Å². The molecule has 0 saturated heterocycles. The van der Waals surface area contributed by atoms with E-state index in [4.69, 9.17) is 16.3 Å². The van der Waals surface area contributed by atoms with E-state index < -0.39 is 14.9 Å². The highest BCUT2D eigenvalue weighted by atomic mass is 35.5. The fourth-order valence-corrected chi connectivity index (χ4v) is 2.91. The highest BCUT2D eigenvalue weighted by Crippen LogP contribution is 2.25. The maximum absolute atomic E-state index is 12.0. The topological polar surface area (TPSA) is 98.5 Å². The summed E-state index contributed by atoms with van der Waals surface area (Å²) >= 11 is 5.78. The second-order valence-corrected chi connectivity index (χ2v) is 6.42. The Balaban J connectivity index is 2.76. The van der Waals surface area contributed by atoms with Crippen molar-refractivity contribution in [3.8, 4) is 0 Å². The molecule has 9 heteroatoms. The molecule has 0 atom stereocenters. The van der Waals surface area contributed by atoms with E-state index in [0.717, 1.165) is 17.7 Å². The van der Waals surface area contributed by atoms with Crippen LogP contribution in [0.4, 0.5) is 5.69 Å². The zero-order valence-electron chi connectivity index (χ0n) is 11.3. The molecular formula is C12H15ClN2O5S. The second kappa shape index (κ2) is 7.51. The molecule has 0 saturated carbocycles. The summed E-state index contributed by atoms with van der Waals surface area (Å²) in [6.07, 6.45) is 0. The van der Waals surface area contributed by atoms with Crippen LogP contribution in [0.25, 0.3) is 0 Å². The Kier molecular flexibility index (Phi) is 6.28. The minimum Gasteiger partial charge on any atom is -0.376 e. The highest BCUT2D eigenvalue weighted by Gasteiger charge is 2.21. The van der Waals surface area contributed by atoms with E-state index >= 15 is 0 Å². The van der Waals surface area contributed by atoms with Crippen LogP contribution in [-0.2, 0) is 14.8 Å². The van der Waals surface area contributed by atoms with Crippen LogP contribution >= 0.6 is 11.6 Å². The van der Waals surface area contributed by atoms with Crippen LogP contribution in [0.15, 0.2) is 35.2 Å². The largest absolute Gasteiger partial charge is 0.376 e. The first kappa shape index (κ1) is 17.6. The standard InChI is InChI=1S/C12H15ClN2O5S/c1-9(2)8-20-6-5-14-21(18,19)12-7-10(15(16)17)3-4-11(12)13/h3-4,7,14H,1,5-6,8H2,2H3. The number of nitro groups is 1. The molecule has 1 N–H and O–H groups in total. The predicted octanol–water partition coefficient (Wildman–Crippen LogP) is 2.12. The van der Waals surface area contributed by atoms with Gasteiger partial charge in [0.05, 0.1) is 23.2 Å². The lowest BCUT2D eigenvalue weighted by molar-refractivity contribution is -0.385. The SMILES string of the molecule is C=C(C)COCCNS(=O)(=O)c1cc([N+](=O)[O-])ccc1Cl. The normalized spacial score (nSPS) is 11.3. The molecular weight excluding hydrogens is 320 g/mol. The number of halogens is 1. The summed E-state index contributed by atoms with van der Waals surface area (Å²) in [6.45, 7) is 5.93. The first-order valence-electron chi connectivity index (χ1n) is 5.90. The second-order valence-electron chi connectivity index (χ2n) is 4.28. The molecule has 0 fully saturated rings. The highest BCUT2D eigenvalue weighted by molar-refractivity contribution is 7.89. The minimum atomic E-state index is -3.94. The average Bonchev–Trinajstić information content (AvgIpc) is 2.37. The maximum atomic E-state index is 12.0. The summed E-state index contributed by atoms with van der Waals surface area (Å²) in [6, 6.07) is 3.22. The molecule has 0 aliphatic rings. The van der Waals surface area contributed by atoms with E-state index in [9.17, 15) is 18.5 Å². The molecule has 0 amide bonds. The molecule has 0 bridgehead atoms. The van der Waals surface area contributed by atoms with Crippen molar-refractivity contribution in [3.05, 3.63) is 45.5 Å². The van der Waals surface area contributed by atoms with Crippen LogP contribution in [0, 0.1) is 10.1 Å². The molecule has 0 spiro atoms. The zero-order valence-corrected chi connectivity index (χ0v) is 12.9. The van der Waals surface area contributed by atoms with Crippen molar-refractivity contribution >= 4 is 27.3 Å². The molecule has 0 aromatic heterocycles. The number of rotatable bonds is 8. The smallest absolute Gasteiger partial charge is 0.270 e. The Labute approximate surface area is 127 Å². The van der Waals surface area contributed by atoms with Crippen LogP contribution in [0.2, 0.25) is 5.02 Å². The first-order chi connectivity index (χ1) is 9.74. The Bertz CT molecular complexity index is 645. The van der Waals surface area contributed by atoms with E-state index in [1.807, 2.05) is 0 Å². The molecule has 0 aliphatic heterocycles. The monoisotopic (exact) mass is 334 g/mol. The number of nitrogens with zero attached hydrogens (tertiary/aromatic N) is 1. The summed E-state index contributed by atoms with van der Waals surface area (Å²) < 4.78 is 31.5. The lowest BCUT2D eigenvalue weighted by atomic mass is 10.3. The van der Waals surface area contributed by atoms with Gasteiger partial charge in [0.1, 0.15) is 4.90 Å². The van der Waals surface area contributed by atoms with Gasteiger partial charge in [-0.15, -0.1) is 0 Å². The summed E-state index contributed by atoms with van der Waals surface area (Å²) in [4.78, 5) is 9.65. The predicted molar refractivity (Wildman–Crippen MR) is 78.9 cm³/mol. The molecule has 116 valence electrons. The zero-order chi connectivity index (χ0) is 16.0. The van der Waals surface area contributed by atoms with Gasteiger partial charge in [-0.3, -0.25) is 10.1 Å². The van der Waals surface area contributed by atoms with E-state index in [1.165, 1.54) is 6.07 Å². The van der Waals surface area contributed by atoms with Crippen molar-refractivity contribution in [2.24, 2.45) is 0 Å². The number of nitrogens with one attached hydrogen (secondary N) is 1. The van der Waals surface area contributed by atoms with Crippen LogP contribution in [-0.4, -0.2) is 33.1 Å². The minimum absolute atomic E-state index is 0.0225. The van der Waals surface area contributed by atoms with Gasteiger partial charge in [-0.2, -0.15) is 0 Å². The number of non-ortho nitro benzene ring substituents is 1. The third-order valence-electron chi connectivity index (χ3n) is 2.30. The number of hydrogen-bond acceptors (Lipinski definition) is 5. The molecule has 1 aromatic carbocycles. The maximum Gasteiger partial charge on any atom is 0.270 e. The molecule has 1 rings (SSSR count). The quantitative estimate of drug-likeness (QED) is 0.340. The Morgan fingerprint density at radius 3 is 2.76 bits per heavy atom. The third kappa shape index (κ3) is 5.43. The first-order valence-corrected chi connectivity index (χ1v) is 7.76. The van der Waals surface area contributed by atoms with Crippen molar-refractivity contribution in [2.75, 3.05) is 19.8 Å². The lowest BCUT2D eigenvalue weighted by Crippen LogP contribution is -2.28. The summed E-state index contributed by atoms with van der Waals surface area (Å²) in [5.74, 6) is 0. The van der Waals surface area contributed by atoms with E-state index in [1.54, 1.807) is 6.92 Å². The molecule has 21 heavy (non-hydrogen) atoms. The molecule has 0 heterocycles. The third-order valence-corrected chi connectivity index (χ3v) is 4.24. The Hall–Kier alpha value is -1.48. The van der Waals surface area contributed by atoms with Crippen LogP contribution in [0.1, 0.15) is 6.92 Å². The summed E-state index contributed by atoms with van der Waals surface area (Å²) in [5, 5.41) is 10.6. The van der Waals surface area contributed by atoms with Gasteiger partial charge < -0.3 is 4.74 Å². The summed E-state index contributed by atoms with van der Waals surface area (Å²) in [7, 11) is -3.94. The van der Waals surface area contributed by atoms with Crippen LogP contribution in [0.3, 0.4) is 0 Å². The molecule has 0 unspecified atom stereocenters. The number of hydrogen-bond donors (Lipinski definition) is 1. The number of ether oxygens (including phenoxy) is 1. The van der Waals surface area contributed by atoms with Gasteiger partial charge >= 0.3 is 0 Å². The lowest BCUT2D eigenvalue weighted by Gasteiger charge is -2.08. The molecule has 1 aromatic rings. The number of nitro benzene ring substituents is 1. The van der Waals surface area contributed by atoms with Crippen molar-refractivity contribution in [1.82, 2.24) is 4.72 Å². The van der Waals surface area contributed by atoms with E-state index in [0.29, 0.717) is 6.61 Å². The van der Waals surface area contributed by atoms with Gasteiger partial charge in [0.15, 0.2) is 0 Å². The summed E-state index contributed by atoms with van der Waals surface area (Å²) in [5.41, 5.74) is 0.470. The molecule has 0 aliphatic carbocycles. The number of sulfonamides is 1. The van der Waals surface area contributed by atoms with Gasteiger partial charge in [-0.05, 0) is 13.0 Å². The van der Waals surface area contributed by atoms with Crippen molar-refractivity contribution < 1.29 is 18.1 Å². The van der Waals surface area contributed by atoms with Crippen LogP contribution in [0.5, 0.6) is 0 Å². The van der Waals surface area contributed by atoms with Crippen molar-refractivity contribution in [1.29, 1.82) is 0 Å². The van der Waals surface area contributed by atoms with Gasteiger partial charge in [-0.1, -0.05) is 23.8 Å². The van der Waals surface area contributed by atoms with Gasteiger partial charge in [0.2, 0.25) is 10.0 Å². The van der Waals surface area contributed by atoms with Crippen LogP contribution < -0.4 is 4.72 Å². The van der Waals surface area contributed by atoms with Crippen molar-refractivity contribution in [2.45, 2.75) is 11.8 Å².